The predicted molar refractivity (Wildman–Crippen MR) is 116 cm³/mol. The number of Topliss-reactive ketones (excluding diaryl/α,β-unsaturated/α-hetero) is 2. The number of hydrogen-bond acceptors (Lipinski definition) is 4. The van der Waals surface area contributed by atoms with Crippen LogP contribution in [0.1, 0.15) is 72.0 Å². The fourth-order valence-electron chi connectivity index (χ4n) is 1.02. The number of carbonyl (C=O) groups is 2. The summed E-state index contributed by atoms with van der Waals surface area (Å²) in [4.78, 5) is 26.0. The van der Waals surface area contributed by atoms with E-state index in [4.69, 9.17) is 0 Å². The van der Waals surface area contributed by atoms with Crippen LogP contribution < -0.4 is 0 Å². The molecule has 0 atom stereocenters. The minimum atomic E-state index is 0.124. The SMILES string of the molecule is CC.CC.CC(=O)C(C)C.CC(C)C(=O)c1cccs1.c1ccncc1. The molecule has 0 saturated heterocycles. The summed E-state index contributed by atoms with van der Waals surface area (Å²) < 4.78 is 0. The van der Waals surface area contributed by atoms with Crippen molar-refractivity contribution in [3.8, 4) is 0 Å². The molecule has 0 aliphatic carbocycles. The molecule has 0 fully saturated rings. The smallest absolute Gasteiger partial charge is 0.175 e. The van der Waals surface area contributed by atoms with Crippen molar-refractivity contribution in [1.82, 2.24) is 4.98 Å². The van der Waals surface area contributed by atoms with Crippen molar-refractivity contribution >= 4 is 22.9 Å². The molecule has 26 heavy (non-hydrogen) atoms. The summed E-state index contributed by atoms with van der Waals surface area (Å²) in [5.74, 6) is 0.841. The molecule has 0 bridgehead atoms. The van der Waals surface area contributed by atoms with Gasteiger partial charge in [0, 0.05) is 24.2 Å². The fourth-order valence-corrected chi connectivity index (χ4v) is 1.83. The number of thiophene rings is 1. The highest BCUT2D eigenvalue weighted by Crippen LogP contribution is 2.13. The largest absolute Gasteiger partial charge is 0.300 e. The van der Waals surface area contributed by atoms with Gasteiger partial charge in [0.25, 0.3) is 0 Å². The molecule has 0 aromatic carbocycles. The minimum absolute atomic E-state index is 0.124. The van der Waals surface area contributed by atoms with Gasteiger partial charge < -0.3 is 0 Å². The van der Waals surface area contributed by atoms with E-state index in [-0.39, 0.29) is 23.4 Å². The number of aromatic nitrogens is 1. The quantitative estimate of drug-likeness (QED) is 0.542. The van der Waals surface area contributed by atoms with Gasteiger partial charge in [-0.25, -0.2) is 0 Å². The number of ketones is 2. The number of rotatable bonds is 3. The standard InChI is InChI=1S/C8H10OS.C5H5N.C5H10O.2C2H6/c1-6(2)8(9)7-4-3-5-10-7;1-2-4-6-5-3-1;1-4(2)5(3)6;2*1-2/h3-6H,1-2H3;1-5H;4H,1-3H3;2*1-2H3. The molecule has 0 saturated carbocycles. The Morgan fingerprint density at radius 2 is 1.31 bits per heavy atom. The van der Waals surface area contributed by atoms with Gasteiger partial charge in [-0.15, -0.1) is 11.3 Å². The first kappa shape index (κ1) is 29.0. The van der Waals surface area contributed by atoms with Crippen molar-refractivity contribution in [2.75, 3.05) is 0 Å². The lowest BCUT2D eigenvalue weighted by Gasteiger charge is -1.98. The van der Waals surface area contributed by atoms with E-state index < -0.39 is 0 Å². The Balaban J connectivity index is -0.000000289. The van der Waals surface area contributed by atoms with Crippen LogP contribution in [0.3, 0.4) is 0 Å². The van der Waals surface area contributed by atoms with Crippen molar-refractivity contribution in [2.45, 2.75) is 62.3 Å². The lowest BCUT2D eigenvalue weighted by molar-refractivity contribution is -0.119. The van der Waals surface area contributed by atoms with Crippen molar-refractivity contribution in [3.63, 3.8) is 0 Å². The normalized spacial score (nSPS) is 8.42. The maximum absolute atomic E-state index is 11.2. The lowest BCUT2D eigenvalue weighted by Crippen LogP contribution is -2.04. The third kappa shape index (κ3) is 18.5. The summed E-state index contributed by atoms with van der Waals surface area (Å²) in [7, 11) is 0. The van der Waals surface area contributed by atoms with E-state index in [1.807, 2.05) is 91.1 Å². The first-order valence-electron chi connectivity index (χ1n) is 9.29. The molecule has 4 heteroatoms. The highest BCUT2D eigenvalue weighted by molar-refractivity contribution is 7.12. The van der Waals surface area contributed by atoms with Gasteiger partial charge in [-0.1, -0.05) is 67.5 Å². The Morgan fingerprint density at radius 1 is 0.846 bits per heavy atom. The van der Waals surface area contributed by atoms with Crippen molar-refractivity contribution in [2.24, 2.45) is 11.8 Å². The van der Waals surface area contributed by atoms with Gasteiger partial charge in [-0.2, -0.15) is 0 Å². The average Bonchev–Trinajstić information content (AvgIpc) is 3.21. The van der Waals surface area contributed by atoms with Crippen LogP contribution in [-0.4, -0.2) is 16.6 Å². The number of nitrogens with zero attached hydrogens (tertiary/aromatic N) is 1. The average molecular weight is 380 g/mol. The molecule has 2 aromatic heterocycles. The van der Waals surface area contributed by atoms with E-state index in [1.165, 1.54) is 11.3 Å². The van der Waals surface area contributed by atoms with E-state index in [0.717, 1.165) is 4.88 Å². The molecule has 3 nitrogen and oxygen atoms in total. The Labute approximate surface area is 164 Å². The molecule has 0 unspecified atom stereocenters. The second kappa shape index (κ2) is 21.2. The van der Waals surface area contributed by atoms with Crippen LogP contribution in [0.25, 0.3) is 0 Å². The zero-order chi connectivity index (χ0) is 21.0. The van der Waals surface area contributed by atoms with Crippen LogP contribution in [0.4, 0.5) is 0 Å². The van der Waals surface area contributed by atoms with Crippen LogP contribution in [0.5, 0.6) is 0 Å². The molecular weight excluding hydrogens is 342 g/mol. The maximum atomic E-state index is 11.2. The van der Waals surface area contributed by atoms with Crippen LogP contribution >= 0.6 is 11.3 Å². The Kier molecular flexibility index (Phi) is 23.7. The molecule has 0 N–H and O–H groups in total. The van der Waals surface area contributed by atoms with Gasteiger partial charge in [-0.05, 0) is 30.5 Å². The molecule has 0 amide bonds. The Bertz CT molecular complexity index is 494. The highest BCUT2D eigenvalue weighted by atomic mass is 32.1. The summed E-state index contributed by atoms with van der Waals surface area (Å²) in [6.07, 6.45) is 3.50. The van der Waals surface area contributed by atoms with Crippen molar-refractivity contribution in [3.05, 3.63) is 53.0 Å². The molecule has 148 valence electrons. The zero-order valence-corrected chi connectivity index (χ0v) is 18.8. The summed E-state index contributed by atoms with van der Waals surface area (Å²) >= 11 is 1.51. The molecule has 0 radical (unpaired) electrons. The summed E-state index contributed by atoms with van der Waals surface area (Å²) in [5.41, 5.74) is 0. The molecule has 2 heterocycles. The molecule has 2 aromatic rings. The van der Waals surface area contributed by atoms with E-state index in [2.05, 4.69) is 4.98 Å². The molecule has 0 aliphatic rings. The van der Waals surface area contributed by atoms with E-state index >= 15 is 0 Å². The topological polar surface area (TPSA) is 47.0 Å². The Morgan fingerprint density at radius 3 is 1.50 bits per heavy atom. The van der Waals surface area contributed by atoms with E-state index in [1.54, 1.807) is 19.3 Å². The summed E-state index contributed by atoms with van der Waals surface area (Å²) in [6, 6.07) is 9.49. The first-order chi connectivity index (χ1) is 12.4. The lowest BCUT2D eigenvalue weighted by atomic mass is 10.1. The van der Waals surface area contributed by atoms with E-state index in [0.29, 0.717) is 0 Å². The second-order valence-corrected chi connectivity index (χ2v) is 6.23. The Hall–Kier alpha value is -1.81. The molecular formula is C22H37NO2S. The third-order valence-corrected chi connectivity index (χ3v) is 3.55. The molecule has 2 rings (SSSR count). The van der Waals surface area contributed by atoms with Gasteiger partial charge in [0.15, 0.2) is 5.78 Å². The predicted octanol–water partition coefficient (Wildman–Crippen LogP) is 6.95. The minimum Gasteiger partial charge on any atom is -0.300 e. The second-order valence-electron chi connectivity index (χ2n) is 5.29. The van der Waals surface area contributed by atoms with Crippen LogP contribution in [0.15, 0.2) is 48.1 Å². The van der Waals surface area contributed by atoms with Crippen molar-refractivity contribution in [1.29, 1.82) is 0 Å². The number of pyridine rings is 1. The number of carbonyl (C=O) groups excluding carboxylic acids is 2. The molecule has 0 spiro atoms. The zero-order valence-electron chi connectivity index (χ0n) is 17.9. The van der Waals surface area contributed by atoms with Crippen LogP contribution in [0.2, 0.25) is 0 Å². The number of hydrogen-bond donors (Lipinski definition) is 0. The van der Waals surface area contributed by atoms with Gasteiger partial charge in [0.2, 0.25) is 0 Å². The van der Waals surface area contributed by atoms with Gasteiger partial charge in [0.1, 0.15) is 5.78 Å². The van der Waals surface area contributed by atoms with E-state index in [9.17, 15) is 9.59 Å². The van der Waals surface area contributed by atoms with Gasteiger partial charge in [-0.3, -0.25) is 14.6 Å². The highest BCUT2D eigenvalue weighted by Gasteiger charge is 2.09. The van der Waals surface area contributed by atoms with Gasteiger partial charge >= 0.3 is 0 Å². The summed E-state index contributed by atoms with van der Waals surface area (Å²) in [6.45, 7) is 17.2. The fraction of sp³-hybridized carbons (Fsp3) is 0.500. The molecule has 0 aliphatic heterocycles. The summed E-state index contributed by atoms with van der Waals surface area (Å²) in [5, 5.41) is 1.93. The van der Waals surface area contributed by atoms with Crippen LogP contribution in [-0.2, 0) is 4.79 Å². The first-order valence-corrected chi connectivity index (χ1v) is 10.2. The monoisotopic (exact) mass is 379 g/mol. The van der Waals surface area contributed by atoms with Crippen LogP contribution in [0, 0.1) is 11.8 Å². The third-order valence-electron chi connectivity index (χ3n) is 2.67. The van der Waals surface area contributed by atoms with Crippen molar-refractivity contribution < 1.29 is 9.59 Å². The maximum Gasteiger partial charge on any atom is 0.175 e. The van der Waals surface area contributed by atoms with Gasteiger partial charge in [0.05, 0.1) is 4.88 Å².